The summed E-state index contributed by atoms with van der Waals surface area (Å²) in [5, 5.41) is 12.9. The van der Waals surface area contributed by atoms with Gasteiger partial charge in [0.15, 0.2) is 0 Å². The molecule has 0 aromatic heterocycles. The first kappa shape index (κ1) is 13.4. The number of phenols is 1. The topological polar surface area (TPSA) is 52.6 Å². The van der Waals surface area contributed by atoms with Gasteiger partial charge in [-0.05, 0) is 49.9 Å². The number of carbonyl (C=O) groups excluding carboxylic acids is 1. The molecule has 3 rings (SSSR count). The highest BCUT2D eigenvalue weighted by Crippen LogP contribution is 2.28. The summed E-state index contributed by atoms with van der Waals surface area (Å²) in [6.07, 6.45) is 5.04. The lowest BCUT2D eigenvalue weighted by atomic mass is 10.1. The fourth-order valence-corrected chi connectivity index (χ4v) is 2.93. The van der Waals surface area contributed by atoms with Crippen molar-refractivity contribution < 1.29 is 9.90 Å². The van der Waals surface area contributed by atoms with Crippen molar-refractivity contribution in [3.63, 3.8) is 0 Å². The predicted molar refractivity (Wildman–Crippen MR) is 77.6 cm³/mol. The van der Waals surface area contributed by atoms with Gasteiger partial charge in [0.05, 0.1) is 6.42 Å². The molecular weight excluding hydrogens is 252 g/mol. The molecule has 0 spiro atoms. The van der Waals surface area contributed by atoms with Gasteiger partial charge in [-0.3, -0.25) is 4.79 Å². The van der Waals surface area contributed by atoms with Gasteiger partial charge in [0, 0.05) is 18.6 Å². The first-order valence-corrected chi connectivity index (χ1v) is 7.53. The molecule has 1 atom stereocenters. The van der Waals surface area contributed by atoms with E-state index >= 15 is 0 Å². The Kier molecular flexibility index (Phi) is 3.92. The number of benzene rings is 1. The standard InChI is InChI=1S/C16H22N2O2/c19-15-5-1-3-12(9-15)10-16(20)18(14-6-7-14)11-13-4-2-8-17-13/h1,3,5,9,13-14,17,19H,2,4,6-8,10-11H2. The smallest absolute Gasteiger partial charge is 0.227 e. The lowest BCUT2D eigenvalue weighted by Crippen LogP contribution is -2.43. The first-order valence-electron chi connectivity index (χ1n) is 7.53. The van der Waals surface area contributed by atoms with Crippen molar-refractivity contribution in [1.29, 1.82) is 0 Å². The number of rotatable bonds is 5. The van der Waals surface area contributed by atoms with Crippen LogP contribution >= 0.6 is 0 Å². The number of carbonyl (C=O) groups is 1. The van der Waals surface area contributed by atoms with Crippen LogP contribution in [0.3, 0.4) is 0 Å². The third-order valence-corrected chi connectivity index (χ3v) is 4.15. The monoisotopic (exact) mass is 274 g/mol. The molecule has 20 heavy (non-hydrogen) atoms. The summed E-state index contributed by atoms with van der Waals surface area (Å²) >= 11 is 0. The minimum atomic E-state index is 0.187. The highest BCUT2D eigenvalue weighted by atomic mass is 16.3. The van der Waals surface area contributed by atoms with E-state index in [4.69, 9.17) is 0 Å². The van der Waals surface area contributed by atoms with E-state index < -0.39 is 0 Å². The number of nitrogens with zero attached hydrogens (tertiary/aromatic N) is 1. The maximum absolute atomic E-state index is 12.5. The zero-order valence-corrected chi connectivity index (χ0v) is 11.7. The SMILES string of the molecule is O=C(Cc1cccc(O)c1)N(CC1CCCN1)C1CC1. The Morgan fingerprint density at radius 3 is 2.85 bits per heavy atom. The summed E-state index contributed by atoms with van der Waals surface area (Å²) in [5.41, 5.74) is 0.889. The Balaban J connectivity index is 1.63. The van der Waals surface area contributed by atoms with Gasteiger partial charge in [0.25, 0.3) is 0 Å². The summed E-state index contributed by atoms with van der Waals surface area (Å²) in [4.78, 5) is 14.6. The van der Waals surface area contributed by atoms with Crippen LogP contribution in [0.2, 0.25) is 0 Å². The predicted octanol–water partition coefficient (Wildman–Crippen LogP) is 1.68. The maximum Gasteiger partial charge on any atom is 0.227 e. The normalized spacial score (nSPS) is 21.9. The van der Waals surface area contributed by atoms with Crippen molar-refractivity contribution in [3.8, 4) is 5.75 Å². The zero-order valence-electron chi connectivity index (χ0n) is 11.7. The molecule has 1 amide bonds. The fourth-order valence-electron chi connectivity index (χ4n) is 2.93. The molecule has 1 aliphatic heterocycles. The number of aromatic hydroxyl groups is 1. The molecule has 2 aliphatic rings. The molecule has 1 saturated carbocycles. The molecule has 1 aromatic carbocycles. The number of hydrogen-bond donors (Lipinski definition) is 2. The molecule has 1 aromatic rings. The van der Waals surface area contributed by atoms with E-state index in [-0.39, 0.29) is 11.7 Å². The van der Waals surface area contributed by atoms with Crippen molar-refractivity contribution in [1.82, 2.24) is 10.2 Å². The largest absolute Gasteiger partial charge is 0.508 e. The van der Waals surface area contributed by atoms with Crippen LogP contribution in [0, 0.1) is 0 Å². The van der Waals surface area contributed by atoms with Gasteiger partial charge in [-0.1, -0.05) is 12.1 Å². The molecule has 0 radical (unpaired) electrons. The molecular formula is C16H22N2O2. The van der Waals surface area contributed by atoms with E-state index in [1.54, 1.807) is 18.2 Å². The maximum atomic E-state index is 12.5. The summed E-state index contributed by atoms with van der Waals surface area (Å²) in [7, 11) is 0. The fraction of sp³-hybridized carbons (Fsp3) is 0.562. The van der Waals surface area contributed by atoms with Gasteiger partial charge in [-0.2, -0.15) is 0 Å². The van der Waals surface area contributed by atoms with E-state index in [1.165, 1.54) is 12.8 Å². The number of amides is 1. The molecule has 1 saturated heterocycles. The minimum Gasteiger partial charge on any atom is -0.508 e. The van der Waals surface area contributed by atoms with Crippen molar-refractivity contribution in [2.45, 2.75) is 44.2 Å². The van der Waals surface area contributed by atoms with Crippen LogP contribution in [-0.4, -0.2) is 41.1 Å². The zero-order chi connectivity index (χ0) is 13.9. The average molecular weight is 274 g/mol. The molecule has 1 aliphatic carbocycles. The molecule has 1 heterocycles. The van der Waals surface area contributed by atoms with Crippen molar-refractivity contribution in [2.75, 3.05) is 13.1 Å². The summed E-state index contributed by atoms with van der Waals surface area (Å²) in [6, 6.07) is 7.91. The second-order valence-electron chi connectivity index (χ2n) is 5.92. The molecule has 1 unspecified atom stereocenters. The highest BCUT2D eigenvalue weighted by Gasteiger charge is 2.34. The van der Waals surface area contributed by atoms with E-state index in [0.29, 0.717) is 18.5 Å². The van der Waals surface area contributed by atoms with Gasteiger partial charge in [-0.25, -0.2) is 0 Å². The molecule has 0 bridgehead atoms. The van der Waals surface area contributed by atoms with Crippen LogP contribution in [0.15, 0.2) is 24.3 Å². The summed E-state index contributed by atoms with van der Waals surface area (Å²) < 4.78 is 0. The number of nitrogens with one attached hydrogen (secondary N) is 1. The third kappa shape index (κ3) is 3.31. The number of phenolic OH excluding ortho intramolecular Hbond substituents is 1. The third-order valence-electron chi connectivity index (χ3n) is 4.15. The molecule has 2 N–H and O–H groups in total. The quantitative estimate of drug-likeness (QED) is 0.859. The lowest BCUT2D eigenvalue weighted by Gasteiger charge is -2.26. The van der Waals surface area contributed by atoms with Gasteiger partial charge in [0.2, 0.25) is 5.91 Å². The Morgan fingerprint density at radius 1 is 1.35 bits per heavy atom. The van der Waals surface area contributed by atoms with E-state index in [2.05, 4.69) is 5.32 Å². The second-order valence-corrected chi connectivity index (χ2v) is 5.92. The van der Waals surface area contributed by atoms with Crippen molar-refractivity contribution in [3.05, 3.63) is 29.8 Å². The number of hydrogen-bond acceptors (Lipinski definition) is 3. The van der Waals surface area contributed by atoms with Crippen LogP contribution in [0.25, 0.3) is 0 Å². The highest BCUT2D eigenvalue weighted by molar-refractivity contribution is 5.79. The van der Waals surface area contributed by atoms with E-state index in [9.17, 15) is 9.90 Å². The molecule has 4 nitrogen and oxygen atoms in total. The van der Waals surface area contributed by atoms with Crippen LogP contribution < -0.4 is 5.32 Å². The lowest BCUT2D eigenvalue weighted by molar-refractivity contribution is -0.131. The van der Waals surface area contributed by atoms with Crippen LogP contribution in [0.5, 0.6) is 5.75 Å². The average Bonchev–Trinajstić information content (AvgIpc) is 3.12. The van der Waals surface area contributed by atoms with E-state index in [1.807, 2.05) is 11.0 Å². The first-order chi connectivity index (χ1) is 9.72. The van der Waals surface area contributed by atoms with Crippen molar-refractivity contribution >= 4 is 5.91 Å². The molecule has 4 heteroatoms. The van der Waals surface area contributed by atoms with Gasteiger partial charge >= 0.3 is 0 Å². The Morgan fingerprint density at radius 2 is 2.20 bits per heavy atom. The van der Waals surface area contributed by atoms with Crippen LogP contribution in [-0.2, 0) is 11.2 Å². The van der Waals surface area contributed by atoms with E-state index in [0.717, 1.165) is 31.5 Å². The summed E-state index contributed by atoms with van der Waals surface area (Å²) in [6.45, 7) is 1.91. The Hall–Kier alpha value is -1.55. The van der Waals surface area contributed by atoms with Crippen LogP contribution in [0.1, 0.15) is 31.2 Å². The Labute approximate surface area is 119 Å². The van der Waals surface area contributed by atoms with Gasteiger partial charge < -0.3 is 15.3 Å². The Bertz CT molecular complexity index is 479. The minimum absolute atomic E-state index is 0.187. The van der Waals surface area contributed by atoms with Crippen molar-refractivity contribution in [2.24, 2.45) is 0 Å². The van der Waals surface area contributed by atoms with Gasteiger partial charge in [-0.15, -0.1) is 0 Å². The van der Waals surface area contributed by atoms with Gasteiger partial charge in [0.1, 0.15) is 5.75 Å². The second kappa shape index (κ2) is 5.83. The summed E-state index contributed by atoms with van der Waals surface area (Å²) in [5.74, 6) is 0.414. The van der Waals surface area contributed by atoms with Crippen LogP contribution in [0.4, 0.5) is 0 Å². The molecule has 108 valence electrons. The molecule has 2 fully saturated rings.